The number of hydrogen-bond donors (Lipinski definition) is 1. The summed E-state index contributed by atoms with van der Waals surface area (Å²) in [6, 6.07) is 0.178. The smallest absolute Gasteiger partial charge is 0.219 e. The normalized spacial score (nSPS) is 23.3. The van der Waals surface area contributed by atoms with E-state index in [4.69, 9.17) is 0 Å². The molecule has 4 nitrogen and oxygen atoms in total. The molecule has 1 saturated heterocycles. The van der Waals surface area contributed by atoms with Crippen molar-refractivity contribution in [2.45, 2.75) is 39.3 Å². The highest BCUT2D eigenvalue weighted by atomic mass is 16.3. The van der Waals surface area contributed by atoms with Gasteiger partial charge in [-0.15, -0.1) is 0 Å². The second-order valence-corrected chi connectivity index (χ2v) is 4.38. The fourth-order valence-electron chi connectivity index (χ4n) is 1.96. The lowest BCUT2D eigenvalue weighted by Crippen LogP contribution is -2.42. The van der Waals surface area contributed by atoms with Crippen LogP contribution in [0.4, 0.5) is 0 Å². The van der Waals surface area contributed by atoms with Gasteiger partial charge in [0.25, 0.3) is 0 Å². The Bertz CT molecular complexity index is 219. The van der Waals surface area contributed by atoms with Crippen molar-refractivity contribution in [2.24, 2.45) is 0 Å². The molecule has 0 aliphatic carbocycles. The van der Waals surface area contributed by atoms with Crippen LogP contribution in [0.2, 0.25) is 0 Å². The third kappa shape index (κ3) is 3.47. The summed E-state index contributed by atoms with van der Waals surface area (Å²) in [6.07, 6.45) is 0.685. The van der Waals surface area contributed by atoms with Gasteiger partial charge in [0.15, 0.2) is 0 Å². The van der Waals surface area contributed by atoms with E-state index in [-0.39, 0.29) is 18.1 Å². The first-order valence-corrected chi connectivity index (χ1v) is 5.70. The van der Waals surface area contributed by atoms with Gasteiger partial charge in [0.05, 0.1) is 6.10 Å². The highest BCUT2D eigenvalue weighted by Crippen LogP contribution is 2.09. The van der Waals surface area contributed by atoms with Crippen LogP contribution in [0.15, 0.2) is 0 Å². The Balaban J connectivity index is 2.49. The molecule has 0 bridgehead atoms. The van der Waals surface area contributed by atoms with E-state index in [1.54, 1.807) is 6.92 Å². The molecule has 1 fully saturated rings. The standard InChI is InChI=1S/C11H22N2O2/c1-9(10(2)14)12-5-4-6-13(8-7-12)11(3)15/h9-10,14H,4-8H2,1-3H3. The molecule has 2 unspecified atom stereocenters. The molecule has 1 rings (SSSR count). The average molecular weight is 214 g/mol. The van der Waals surface area contributed by atoms with Crippen LogP contribution in [0, 0.1) is 0 Å². The summed E-state index contributed by atoms with van der Waals surface area (Å²) < 4.78 is 0. The SMILES string of the molecule is CC(=O)N1CCCN(C(C)C(C)O)CC1. The minimum absolute atomic E-state index is 0.154. The second kappa shape index (κ2) is 5.47. The van der Waals surface area contributed by atoms with E-state index in [0.717, 1.165) is 32.6 Å². The number of carbonyl (C=O) groups excluding carboxylic acids is 1. The predicted molar refractivity (Wildman–Crippen MR) is 59.6 cm³/mol. The highest BCUT2D eigenvalue weighted by Gasteiger charge is 2.22. The zero-order valence-corrected chi connectivity index (χ0v) is 9.94. The topological polar surface area (TPSA) is 43.8 Å². The van der Waals surface area contributed by atoms with Gasteiger partial charge in [-0.1, -0.05) is 0 Å². The maximum absolute atomic E-state index is 11.2. The van der Waals surface area contributed by atoms with Gasteiger partial charge in [0, 0.05) is 39.1 Å². The molecule has 0 aromatic heterocycles. The van der Waals surface area contributed by atoms with E-state index < -0.39 is 0 Å². The summed E-state index contributed by atoms with van der Waals surface area (Å²) in [5.74, 6) is 0.154. The fourth-order valence-corrected chi connectivity index (χ4v) is 1.96. The molecule has 1 amide bonds. The van der Waals surface area contributed by atoms with Crippen molar-refractivity contribution in [2.75, 3.05) is 26.2 Å². The molecule has 1 aliphatic heterocycles. The van der Waals surface area contributed by atoms with Crippen LogP contribution < -0.4 is 0 Å². The van der Waals surface area contributed by atoms with E-state index in [1.165, 1.54) is 0 Å². The van der Waals surface area contributed by atoms with E-state index in [2.05, 4.69) is 4.90 Å². The summed E-state index contributed by atoms with van der Waals surface area (Å²) in [6.45, 7) is 8.94. The lowest BCUT2D eigenvalue weighted by Gasteiger charge is -2.29. The Labute approximate surface area is 91.9 Å². The van der Waals surface area contributed by atoms with Crippen molar-refractivity contribution in [3.8, 4) is 0 Å². The third-order valence-electron chi connectivity index (χ3n) is 3.25. The van der Waals surface area contributed by atoms with Crippen LogP contribution in [-0.4, -0.2) is 59.1 Å². The molecule has 0 radical (unpaired) electrons. The zero-order chi connectivity index (χ0) is 11.4. The first-order valence-electron chi connectivity index (χ1n) is 5.70. The van der Waals surface area contributed by atoms with Crippen LogP contribution >= 0.6 is 0 Å². The maximum Gasteiger partial charge on any atom is 0.219 e. The number of aliphatic hydroxyl groups excluding tert-OH is 1. The molecule has 4 heteroatoms. The van der Waals surface area contributed by atoms with Crippen molar-refractivity contribution < 1.29 is 9.90 Å². The van der Waals surface area contributed by atoms with Gasteiger partial charge < -0.3 is 10.0 Å². The summed E-state index contributed by atoms with van der Waals surface area (Å²) in [5.41, 5.74) is 0. The van der Waals surface area contributed by atoms with Crippen LogP contribution in [-0.2, 0) is 4.79 Å². The van der Waals surface area contributed by atoms with Crippen LogP contribution in [0.5, 0.6) is 0 Å². The van der Waals surface area contributed by atoms with Crippen molar-refractivity contribution >= 4 is 5.91 Å². The number of aliphatic hydroxyl groups is 1. The Hall–Kier alpha value is -0.610. The number of carbonyl (C=O) groups is 1. The Morgan fingerprint density at radius 2 is 1.87 bits per heavy atom. The molecule has 88 valence electrons. The molecular weight excluding hydrogens is 192 g/mol. The summed E-state index contributed by atoms with van der Waals surface area (Å²) in [7, 11) is 0. The Kier molecular flexibility index (Phi) is 4.54. The van der Waals surface area contributed by atoms with Gasteiger partial charge >= 0.3 is 0 Å². The van der Waals surface area contributed by atoms with Gasteiger partial charge in [-0.2, -0.15) is 0 Å². The van der Waals surface area contributed by atoms with Gasteiger partial charge in [0.2, 0.25) is 5.91 Å². The van der Waals surface area contributed by atoms with E-state index in [1.807, 2.05) is 18.7 Å². The zero-order valence-electron chi connectivity index (χ0n) is 9.94. The Morgan fingerprint density at radius 3 is 2.40 bits per heavy atom. The first kappa shape index (κ1) is 12.5. The number of hydrogen-bond acceptors (Lipinski definition) is 3. The molecule has 2 atom stereocenters. The molecule has 15 heavy (non-hydrogen) atoms. The summed E-state index contributed by atoms with van der Waals surface area (Å²) in [4.78, 5) is 15.4. The van der Waals surface area contributed by atoms with Crippen molar-refractivity contribution in [1.29, 1.82) is 0 Å². The van der Waals surface area contributed by atoms with Crippen LogP contribution in [0.3, 0.4) is 0 Å². The highest BCUT2D eigenvalue weighted by molar-refractivity contribution is 5.73. The number of nitrogens with zero attached hydrogens (tertiary/aromatic N) is 2. The lowest BCUT2D eigenvalue weighted by molar-refractivity contribution is -0.128. The molecule has 0 aromatic carbocycles. The first-order chi connectivity index (χ1) is 7.02. The van der Waals surface area contributed by atoms with E-state index in [0.29, 0.717) is 0 Å². The number of rotatable bonds is 2. The Morgan fingerprint density at radius 1 is 1.20 bits per heavy atom. The van der Waals surface area contributed by atoms with Gasteiger partial charge in [-0.25, -0.2) is 0 Å². The lowest BCUT2D eigenvalue weighted by atomic mass is 10.2. The summed E-state index contributed by atoms with van der Waals surface area (Å²) in [5, 5.41) is 9.52. The second-order valence-electron chi connectivity index (χ2n) is 4.38. The van der Waals surface area contributed by atoms with Crippen molar-refractivity contribution in [1.82, 2.24) is 9.80 Å². The molecule has 0 aromatic rings. The fraction of sp³-hybridized carbons (Fsp3) is 0.909. The van der Waals surface area contributed by atoms with E-state index in [9.17, 15) is 9.90 Å². The molecule has 1 aliphatic rings. The van der Waals surface area contributed by atoms with Crippen LogP contribution in [0.25, 0.3) is 0 Å². The molecule has 1 heterocycles. The molecule has 0 spiro atoms. The van der Waals surface area contributed by atoms with Crippen molar-refractivity contribution in [3.05, 3.63) is 0 Å². The molecular formula is C11H22N2O2. The predicted octanol–water partition coefficient (Wildman–Crippen LogP) is 0.310. The van der Waals surface area contributed by atoms with Gasteiger partial charge in [0.1, 0.15) is 0 Å². The molecule has 1 N–H and O–H groups in total. The van der Waals surface area contributed by atoms with Crippen molar-refractivity contribution in [3.63, 3.8) is 0 Å². The minimum Gasteiger partial charge on any atom is -0.392 e. The monoisotopic (exact) mass is 214 g/mol. The maximum atomic E-state index is 11.2. The largest absolute Gasteiger partial charge is 0.392 e. The third-order valence-corrected chi connectivity index (χ3v) is 3.25. The van der Waals surface area contributed by atoms with Crippen LogP contribution in [0.1, 0.15) is 27.2 Å². The van der Waals surface area contributed by atoms with Gasteiger partial charge in [-0.05, 0) is 20.3 Å². The quantitative estimate of drug-likeness (QED) is 0.719. The van der Waals surface area contributed by atoms with Gasteiger partial charge in [-0.3, -0.25) is 9.69 Å². The van der Waals surface area contributed by atoms with E-state index >= 15 is 0 Å². The molecule has 0 saturated carbocycles. The summed E-state index contributed by atoms with van der Waals surface area (Å²) >= 11 is 0. The average Bonchev–Trinajstić information content (AvgIpc) is 2.41. The number of amides is 1. The minimum atomic E-state index is -0.311.